The van der Waals surface area contributed by atoms with Gasteiger partial charge in [0.15, 0.2) is 11.5 Å². The lowest BCUT2D eigenvalue weighted by Gasteiger charge is -2.09. The molecule has 4 nitrogen and oxygen atoms in total. The van der Waals surface area contributed by atoms with Crippen molar-refractivity contribution in [3.8, 4) is 17.1 Å². The summed E-state index contributed by atoms with van der Waals surface area (Å²) >= 11 is 0. The van der Waals surface area contributed by atoms with E-state index in [0.29, 0.717) is 16.4 Å². The largest absolute Gasteiger partial charge is 0.533 e. The van der Waals surface area contributed by atoms with E-state index in [1.54, 1.807) is 19.1 Å². The van der Waals surface area contributed by atoms with Gasteiger partial charge in [-0.2, -0.15) is 0 Å². The Kier molecular flexibility index (Phi) is 5.01. The molecular formula is C16H17BO4. The second-order valence-electron chi connectivity index (χ2n) is 4.36. The molecule has 0 N–H and O–H groups in total. The van der Waals surface area contributed by atoms with E-state index in [-0.39, 0.29) is 18.9 Å². The molecule has 1 aromatic heterocycles. The average molecular weight is 284 g/mol. The van der Waals surface area contributed by atoms with E-state index in [0.717, 1.165) is 5.56 Å². The lowest BCUT2D eigenvalue weighted by atomic mass is 10.1. The molecule has 2 rings (SSSR count). The highest BCUT2D eigenvalue weighted by Gasteiger charge is 2.15. The molecule has 0 aliphatic carbocycles. The molecule has 0 aliphatic rings. The van der Waals surface area contributed by atoms with Gasteiger partial charge >= 0.3 is 7.69 Å². The highest BCUT2D eigenvalue weighted by Crippen LogP contribution is 2.24. The van der Waals surface area contributed by atoms with Gasteiger partial charge in [-0.25, -0.2) is 0 Å². The van der Waals surface area contributed by atoms with Gasteiger partial charge in [-0.3, -0.25) is 4.79 Å². The van der Waals surface area contributed by atoms with Gasteiger partial charge in [0.1, 0.15) is 5.42 Å². The van der Waals surface area contributed by atoms with E-state index in [2.05, 4.69) is 0 Å². The summed E-state index contributed by atoms with van der Waals surface area (Å²) in [5.74, 6) is 0.582. The van der Waals surface area contributed by atoms with Crippen LogP contribution in [0.1, 0.15) is 13.8 Å². The van der Waals surface area contributed by atoms with E-state index >= 15 is 0 Å². The van der Waals surface area contributed by atoms with Crippen LogP contribution in [0.4, 0.5) is 0 Å². The number of hydrogen-bond donors (Lipinski definition) is 0. The molecule has 5 heteroatoms. The summed E-state index contributed by atoms with van der Waals surface area (Å²) in [5, 5.41) is 0.489. The first-order valence-corrected chi connectivity index (χ1v) is 6.69. The molecule has 0 aliphatic heterocycles. The lowest BCUT2D eigenvalue weighted by Crippen LogP contribution is -2.39. The fourth-order valence-electron chi connectivity index (χ4n) is 2.06. The van der Waals surface area contributed by atoms with Crippen LogP contribution < -0.4 is 20.7 Å². The highest BCUT2D eigenvalue weighted by molar-refractivity contribution is 6.19. The molecule has 0 atom stereocenters. The van der Waals surface area contributed by atoms with E-state index in [4.69, 9.17) is 13.7 Å². The topological polar surface area (TPSA) is 48.7 Å². The average Bonchev–Trinajstić information content (AvgIpc) is 2.53. The van der Waals surface area contributed by atoms with Crippen molar-refractivity contribution in [1.82, 2.24) is 0 Å². The minimum absolute atomic E-state index is 0.0110. The molecule has 0 saturated heterocycles. The Hall–Kier alpha value is -2.27. The summed E-state index contributed by atoms with van der Waals surface area (Å²) in [7, 11) is 1.49. The number of benzene rings is 1. The van der Waals surface area contributed by atoms with Crippen LogP contribution in [0.5, 0.6) is 5.75 Å². The number of rotatable bonds is 4. The normalized spacial score (nSPS) is 12.5. The number of hydrogen-bond acceptors (Lipinski definition) is 4. The molecule has 0 radical (unpaired) electrons. The standard InChI is InChI=1S/C16H17BO4/c1-4-12-13(5-2)20-15(11-9-7-6-8-10-11)16(14(12)18)21-17-19-3/h4-10,17H,1-3H3/b12-4+,13-5+. The van der Waals surface area contributed by atoms with Gasteiger partial charge in [0.2, 0.25) is 5.43 Å². The molecule has 0 saturated carbocycles. The van der Waals surface area contributed by atoms with Crippen molar-refractivity contribution in [3.05, 3.63) is 51.2 Å². The molecule has 108 valence electrons. The molecule has 0 amide bonds. The highest BCUT2D eigenvalue weighted by atomic mass is 16.6. The van der Waals surface area contributed by atoms with Crippen molar-refractivity contribution in [2.45, 2.75) is 13.8 Å². The second-order valence-corrected chi connectivity index (χ2v) is 4.36. The van der Waals surface area contributed by atoms with Gasteiger partial charge in [0.25, 0.3) is 0 Å². The van der Waals surface area contributed by atoms with Crippen molar-refractivity contribution < 1.29 is 13.7 Å². The predicted octanol–water partition coefficient (Wildman–Crippen LogP) is 1.20. The monoisotopic (exact) mass is 284 g/mol. The van der Waals surface area contributed by atoms with Crippen LogP contribution in [-0.4, -0.2) is 14.8 Å². The van der Waals surface area contributed by atoms with Crippen molar-refractivity contribution >= 4 is 19.8 Å². The predicted molar refractivity (Wildman–Crippen MR) is 84.7 cm³/mol. The van der Waals surface area contributed by atoms with Crippen molar-refractivity contribution in [3.63, 3.8) is 0 Å². The van der Waals surface area contributed by atoms with Crippen LogP contribution in [0, 0.1) is 0 Å². The summed E-state index contributed by atoms with van der Waals surface area (Å²) in [6.45, 7) is 3.62. The Bertz CT molecular complexity index is 778. The third-order valence-corrected chi connectivity index (χ3v) is 3.04. The molecular weight excluding hydrogens is 267 g/mol. The molecule has 0 unspecified atom stereocenters. The maximum absolute atomic E-state index is 12.6. The zero-order valence-electron chi connectivity index (χ0n) is 12.4. The summed E-state index contributed by atoms with van der Waals surface area (Å²) in [5.41, 5.74) is 1.12. The van der Waals surface area contributed by atoms with Crippen molar-refractivity contribution in [2.75, 3.05) is 7.11 Å². The molecule has 1 heterocycles. The summed E-state index contributed by atoms with van der Waals surface area (Å²) in [6.07, 6.45) is 3.48. The Balaban J connectivity index is 2.80. The zero-order valence-corrected chi connectivity index (χ0v) is 12.4. The third-order valence-electron chi connectivity index (χ3n) is 3.04. The summed E-state index contributed by atoms with van der Waals surface area (Å²) < 4.78 is 16.2. The summed E-state index contributed by atoms with van der Waals surface area (Å²) in [6, 6.07) is 9.40. The minimum atomic E-state index is -0.201. The maximum Gasteiger partial charge on any atom is 0.506 e. The zero-order chi connectivity index (χ0) is 15.2. The van der Waals surface area contributed by atoms with Crippen LogP contribution in [-0.2, 0) is 4.65 Å². The summed E-state index contributed by atoms with van der Waals surface area (Å²) in [4.78, 5) is 12.6. The second kappa shape index (κ2) is 6.95. The van der Waals surface area contributed by atoms with Crippen molar-refractivity contribution in [2.24, 2.45) is 0 Å². The molecule has 2 aromatic rings. The lowest BCUT2D eigenvalue weighted by molar-refractivity contribution is 0.358. The van der Waals surface area contributed by atoms with Crippen LogP contribution in [0.15, 0.2) is 39.5 Å². The maximum atomic E-state index is 12.6. The molecule has 0 bridgehead atoms. The minimum Gasteiger partial charge on any atom is -0.533 e. The molecule has 0 fully saturated rings. The fraction of sp³-hybridized carbons (Fsp3) is 0.188. The van der Waals surface area contributed by atoms with Gasteiger partial charge in [-0.05, 0) is 19.9 Å². The quantitative estimate of drug-likeness (QED) is 0.792. The van der Waals surface area contributed by atoms with Crippen molar-refractivity contribution in [1.29, 1.82) is 0 Å². The van der Waals surface area contributed by atoms with Crippen LogP contribution in [0.2, 0.25) is 0 Å². The molecule has 0 spiro atoms. The first-order valence-electron chi connectivity index (χ1n) is 6.69. The van der Waals surface area contributed by atoms with E-state index in [9.17, 15) is 4.79 Å². The third kappa shape index (κ3) is 3.08. The Morgan fingerprint density at radius 2 is 1.86 bits per heavy atom. The van der Waals surface area contributed by atoms with E-state index in [1.165, 1.54) is 7.11 Å². The van der Waals surface area contributed by atoms with Gasteiger partial charge in [-0.15, -0.1) is 0 Å². The van der Waals surface area contributed by atoms with E-state index < -0.39 is 0 Å². The smallest absolute Gasteiger partial charge is 0.506 e. The fourth-order valence-corrected chi connectivity index (χ4v) is 2.06. The SMILES string of the molecule is C/C=c1/oc(-c2ccccc2)c(OBOC)c(=O)/c1=C/C. The molecule has 21 heavy (non-hydrogen) atoms. The van der Waals surface area contributed by atoms with Crippen LogP contribution in [0.25, 0.3) is 23.5 Å². The van der Waals surface area contributed by atoms with Crippen LogP contribution in [0.3, 0.4) is 0 Å². The van der Waals surface area contributed by atoms with Gasteiger partial charge in [0.05, 0.1) is 5.22 Å². The Morgan fingerprint density at radius 1 is 1.14 bits per heavy atom. The van der Waals surface area contributed by atoms with Gasteiger partial charge in [-0.1, -0.05) is 36.4 Å². The first-order chi connectivity index (χ1) is 10.2. The Morgan fingerprint density at radius 3 is 2.43 bits per heavy atom. The van der Waals surface area contributed by atoms with Gasteiger partial charge in [0, 0.05) is 12.7 Å². The first kappa shape index (κ1) is 15.1. The van der Waals surface area contributed by atoms with Gasteiger partial charge < -0.3 is 13.7 Å². The Labute approximate surface area is 123 Å². The van der Waals surface area contributed by atoms with Crippen LogP contribution >= 0.6 is 0 Å². The molecule has 1 aromatic carbocycles. The van der Waals surface area contributed by atoms with E-state index in [1.807, 2.05) is 37.3 Å².